The van der Waals surface area contributed by atoms with Crippen LogP contribution in [0.25, 0.3) is 11.0 Å². The maximum Gasteiger partial charge on any atom is 0.438 e. The molecule has 12 heteroatoms. The van der Waals surface area contributed by atoms with E-state index in [0.717, 1.165) is 18.9 Å². The Balaban J connectivity index is 1.70. The summed E-state index contributed by atoms with van der Waals surface area (Å²) in [6.45, 7) is 2.15. The zero-order valence-corrected chi connectivity index (χ0v) is 17.3. The molecule has 1 fully saturated rings. The molecule has 1 aliphatic rings. The highest BCUT2D eigenvalue weighted by Crippen LogP contribution is 2.33. The lowest BCUT2D eigenvalue weighted by molar-refractivity contribution is -0.471. The maximum absolute atomic E-state index is 13.5. The molecule has 0 saturated carbocycles. The van der Waals surface area contributed by atoms with Crippen molar-refractivity contribution < 1.29 is 31.5 Å². The number of hydrogen-bond acceptors (Lipinski definition) is 6. The third-order valence-electron chi connectivity index (χ3n) is 5.51. The zero-order valence-electron chi connectivity index (χ0n) is 17.3. The van der Waals surface area contributed by atoms with E-state index in [1.54, 1.807) is 12.1 Å². The predicted molar refractivity (Wildman–Crippen MR) is 111 cm³/mol. The number of alkyl halides is 3. The highest BCUT2D eigenvalue weighted by Gasteiger charge is 2.45. The van der Waals surface area contributed by atoms with Gasteiger partial charge in [0.2, 0.25) is 5.69 Å². The van der Waals surface area contributed by atoms with Crippen molar-refractivity contribution in [3.8, 4) is 0 Å². The molecule has 174 valence electrons. The number of fused-ring (bicyclic) bond motifs is 1. The first kappa shape index (κ1) is 22.4. The number of nitrogens with zero attached hydrogens (tertiary/aromatic N) is 4. The van der Waals surface area contributed by atoms with Gasteiger partial charge in [-0.15, -0.1) is 0 Å². The number of methoxy groups -OCH3 is 1. The van der Waals surface area contributed by atoms with Crippen LogP contribution in [-0.4, -0.2) is 44.0 Å². The van der Waals surface area contributed by atoms with Crippen LogP contribution in [-0.2, 0) is 10.9 Å². The van der Waals surface area contributed by atoms with Crippen LogP contribution in [0.1, 0.15) is 16.2 Å². The number of carbonyl (C=O) groups excluding carboxylic acids is 1. The number of piperazine rings is 1. The molecule has 33 heavy (non-hydrogen) atoms. The van der Waals surface area contributed by atoms with E-state index in [9.17, 15) is 32.5 Å². The van der Waals surface area contributed by atoms with Gasteiger partial charge in [-0.2, -0.15) is 13.2 Å². The van der Waals surface area contributed by atoms with E-state index in [2.05, 4.69) is 4.74 Å². The Morgan fingerprint density at radius 3 is 2.09 bits per heavy atom. The third-order valence-corrected chi connectivity index (χ3v) is 5.51. The van der Waals surface area contributed by atoms with Gasteiger partial charge in [-0.05, 0) is 36.4 Å². The minimum absolute atomic E-state index is 0.212. The molecule has 0 bridgehead atoms. The monoisotopic (exact) mass is 466 g/mol. The van der Waals surface area contributed by atoms with E-state index < -0.39 is 39.3 Å². The molecule has 0 N–H and O–H groups in total. The molecule has 0 amide bonds. The van der Waals surface area contributed by atoms with Crippen molar-refractivity contribution >= 4 is 28.4 Å². The summed E-state index contributed by atoms with van der Waals surface area (Å²) in [7, 11) is 0.818. The number of benzene rings is 2. The number of carbonyl (C=O) groups is 1. The largest absolute Gasteiger partial charge is 0.805 e. The smallest absolute Gasteiger partial charge is 0.438 e. The van der Waals surface area contributed by atoms with Gasteiger partial charge in [0, 0.05) is 48.5 Å². The van der Waals surface area contributed by atoms with Crippen molar-refractivity contribution in [3.05, 3.63) is 69.8 Å². The van der Waals surface area contributed by atoms with Crippen LogP contribution in [0.5, 0.6) is 0 Å². The Labute approximate surface area is 184 Å². The summed E-state index contributed by atoms with van der Waals surface area (Å²) >= 11 is 0. The van der Waals surface area contributed by atoms with Crippen molar-refractivity contribution in [3.63, 3.8) is 0 Å². The molecule has 0 radical (unpaired) electrons. The van der Waals surface area contributed by atoms with Crippen LogP contribution in [0.2, 0.25) is 0 Å². The Morgan fingerprint density at radius 1 is 1.00 bits per heavy atom. The zero-order chi connectivity index (χ0) is 23.9. The predicted octanol–water partition coefficient (Wildman–Crippen LogP) is 3.17. The van der Waals surface area contributed by atoms with Gasteiger partial charge in [-0.3, -0.25) is 0 Å². The number of hydrogen-bond donors (Lipinski definition) is 0. The van der Waals surface area contributed by atoms with Gasteiger partial charge >= 0.3 is 17.8 Å². The molecule has 8 nitrogen and oxygen atoms in total. The van der Waals surface area contributed by atoms with E-state index in [0.29, 0.717) is 31.9 Å². The van der Waals surface area contributed by atoms with Crippen LogP contribution < -0.4 is 14.2 Å². The third kappa shape index (κ3) is 4.03. The number of aromatic nitrogens is 2. The molecular formula is C21H18F4N4O4. The van der Waals surface area contributed by atoms with E-state index >= 15 is 0 Å². The van der Waals surface area contributed by atoms with Gasteiger partial charge in [0.1, 0.15) is 11.3 Å². The van der Waals surface area contributed by atoms with Gasteiger partial charge in [-0.25, -0.2) is 9.18 Å². The van der Waals surface area contributed by atoms with Crippen molar-refractivity contribution in [1.82, 2.24) is 4.73 Å². The van der Waals surface area contributed by atoms with Gasteiger partial charge in [0.05, 0.1) is 11.5 Å². The summed E-state index contributed by atoms with van der Waals surface area (Å²) in [4.78, 5) is 28.6. The SMILES string of the molecule is COC(=O)c1c(C(F)(F)F)n([O-])c2ccc(N3CCN(c4ccc(F)cc4)CC3)cc2[n+]1=O. The molecule has 0 aliphatic carbocycles. The molecule has 2 heterocycles. The summed E-state index contributed by atoms with van der Waals surface area (Å²) in [5.74, 6) is -1.91. The molecular weight excluding hydrogens is 448 g/mol. The fraction of sp³-hybridized carbons (Fsp3) is 0.286. The number of anilines is 2. The minimum Gasteiger partial charge on any atom is -0.805 e. The summed E-state index contributed by atoms with van der Waals surface area (Å²) in [6.07, 6.45) is -5.25. The van der Waals surface area contributed by atoms with Crippen LogP contribution in [0.15, 0.2) is 42.5 Å². The van der Waals surface area contributed by atoms with Crippen LogP contribution in [0.4, 0.5) is 28.9 Å². The Kier molecular flexibility index (Phi) is 5.60. The van der Waals surface area contributed by atoms with E-state index in [-0.39, 0.29) is 10.2 Å². The first-order valence-electron chi connectivity index (χ1n) is 9.85. The molecule has 3 aromatic rings. The lowest BCUT2D eigenvalue weighted by Crippen LogP contribution is -2.46. The van der Waals surface area contributed by atoms with Crippen LogP contribution in [0.3, 0.4) is 0 Å². The van der Waals surface area contributed by atoms with Gasteiger partial charge in [-0.1, -0.05) is 0 Å². The van der Waals surface area contributed by atoms with Crippen molar-refractivity contribution in [2.24, 2.45) is 0 Å². The van der Waals surface area contributed by atoms with Gasteiger partial charge in [0.15, 0.2) is 0 Å². The second kappa shape index (κ2) is 8.26. The second-order valence-corrected chi connectivity index (χ2v) is 7.40. The fourth-order valence-corrected chi connectivity index (χ4v) is 3.88. The molecule has 0 atom stereocenters. The topological polar surface area (TPSA) is 83.7 Å². The van der Waals surface area contributed by atoms with Gasteiger partial charge < -0.3 is 24.5 Å². The first-order chi connectivity index (χ1) is 15.6. The van der Waals surface area contributed by atoms with E-state index in [1.165, 1.54) is 24.3 Å². The lowest BCUT2D eigenvalue weighted by atomic mass is 10.2. The lowest BCUT2D eigenvalue weighted by Gasteiger charge is -2.37. The standard InChI is InChI=1S/C21H18F4N4O4/c1-33-20(30)18-19(21(23,24)25)29(32)16-7-6-15(12-17(16)28(18)31)27-10-8-26(9-11-27)14-4-2-13(22)3-5-14/h2-7,12H,8-11H2,1H3. The van der Waals surface area contributed by atoms with E-state index in [1.807, 2.05) is 9.80 Å². The molecule has 1 saturated heterocycles. The normalized spacial score (nSPS) is 14.6. The highest BCUT2D eigenvalue weighted by atomic mass is 19.4. The Morgan fingerprint density at radius 2 is 1.55 bits per heavy atom. The first-order valence-corrected chi connectivity index (χ1v) is 9.85. The highest BCUT2D eigenvalue weighted by molar-refractivity contribution is 5.89. The summed E-state index contributed by atoms with van der Waals surface area (Å²) < 4.78 is 57.2. The van der Waals surface area contributed by atoms with Crippen molar-refractivity contribution in [1.29, 1.82) is 0 Å². The van der Waals surface area contributed by atoms with Gasteiger partial charge in [0.25, 0.3) is 5.52 Å². The number of halogens is 4. The molecule has 0 unspecified atom stereocenters. The van der Waals surface area contributed by atoms with Crippen molar-refractivity contribution in [2.45, 2.75) is 6.18 Å². The maximum atomic E-state index is 13.5. The minimum atomic E-state index is -5.25. The summed E-state index contributed by atoms with van der Waals surface area (Å²) in [5.41, 5.74) is -2.93. The Hall–Kier alpha value is -3.83. The fourth-order valence-electron chi connectivity index (χ4n) is 3.88. The second-order valence-electron chi connectivity index (χ2n) is 7.40. The molecule has 1 aromatic heterocycles. The van der Waals surface area contributed by atoms with Crippen LogP contribution in [0, 0.1) is 15.9 Å². The average molecular weight is 466 g/mol. The molecule has 1 aliphatic heterocycles. The van der Waals surface area contributed by atoms with E-state index in [4.69, 9.17) is 0 Å². The van der Waals surface area contributed by atoms with Crippen molar-refractivity contribution in [2.75, 3.05) is 43.1 Å². The van der Waals surface area contributed by atoms with Crippen LogP contribution >= 0.6 is 0 Å². The number of rotatable bonds is 3. The Bertz CT molecular complexity index is 1270. The quantitative estimate of drug-likeness (QED) is 0.335. The summed E-state index contributed by atoms with van der Waals surface area (Å²) in [6, 6.07) is 9.91. The molecule has 4 rings (SSSR count). The number of esters is 1. The summed E-state index contributed by atoms with van der Waals surface area (Å²) in [5, 5.41) is 12.5. The number of ether oxygens (including phenoxy) is 1. The molecule has 0 spiro atoms. The molecule has 2 aromatic carbocycles. The average Bonchev–Trinajstić information content (AvgIpc) is 2.80.